The number of benzene rings is 1. The average molecular weight is 436 g/mol. The second-order valence-electron chi connectivity index (χ2n) is 8.25. The topological polar surface area (TPSA) is 93.4 Å². The van der Waals surface area contributed by atoms with Crippen LogP contribution in [-0.2, 0) is 29.0 Å². The second kappa shape index (κ2) is 10.5. The molecule has 4 rings (SSSR count). The molecule has 1 N–H and O–H groups in total. The lowest BCUT2D eigenvalue weighted by Gasteiger charge is -2.35. The Kier molecular flexibility index (Phi) is 7.24. The molecule has 1 aromatic carbocycles. The number of ether oxygens (including phenoxy) is 1. The van der Waals surface area contributed by atoms with Crippen LogP contribution < -0.4 is 5.32 Å². The maximum Gasteiger partial charge on any atom is 0.227 e. The number of morpholine rings is 1. The van der Waals surface area contributed by atoms with E-state index in [0.717, 1.165) is 30.8 Å². The number of aromatic nitrogens is 3. The van der Waals surface area contributed by atoms with E-state index in [1.54, 1.807) is 12.4 Å². The average Bonchev–Trinajstić information content (AvgIpc) is 3.26. The lowest BCUT2D eigenvalue weighted by atomic mass is 10.1. The van der Waals surface area contributed by atoms with Crippen LogP contribution in [0.5, 0.6) is 0 Å². The molecule has 0 spiro atoms. The fourth-order valence-electron chi connectivity index (χ4n) is 4.01. The van der Waals surface area contributed by atoms with Gasteiger partial charge < -0.3 is 14.6 Å². The SMILES string of the molecule is CC1CN(Cc2ccccc2CNC(=O)CCc2nc(-c3cccnc3)no2)CC(C)O1. The van der Waals surface area contributed by atoms with E-state index in [1.165, 1.54) is 5.56 Å². The molecule has 2 aromatic heterocycles. The third kappa shape index (κ3) is 5.99. The van der Waals surface area contributed by atoms with Gasteiger partial charge in [-0.1, -0.05) is 29.4 Å². The van der Waals surface area contributed by atoms with Crippen molar-refractivity contribution in [1.29, 1.82) is 0 Å². The highest BCUT2D eigenvalue weighted by Crippen LogP contribution is 2.17. The van der Waals surface area contributed by atoms with Gasteiger partial charge in [0.2, 0.25) is 17.6 Å². The van der Waals surface area contributed by atoms with Gasteiger partial charge in [0.25, 0.3) is 0 Å². The number of hydrogen-bond acceptors (Lipinski definition) is 7. The molecule has 3 aromatic rings. The maximum absolute atomic E-state index is 12.4. The Hall–Kier alpha value is -3.10. The van der Waals surface area contributed by atoms with Crippen LogP contribution in [-0.4, -0.2) is 51.2 Å². The number of nitrogens with one attached hydrogen (secondary N) is 1. The fraction of sp³-hybridized carbons (Fsp3) is 0.417. The summed E-state index contributed by atoms with van der Waals surface area (Å²) in [6.45, 7) is 7.39. The molecule has 2 atom stereocenters. The van der Waals surface area contributed by atoms with Crippen molar-refractivity contribution in [2.24, 2.45) is 0 Å². The highest BCUT2D eigenvalue weighted by atomic mass is 16.5. The Morgan fingerprint density at radius 3 is 2.66 bits per heavy atom. The summed E-state index contributed by atoms with van der Waals surface area (Å²) < 4.78 is 11.1. The molecule has 8 heteroatoms. The normalized spacial score (nSPS) is 19.1. The van der Waals surface area contributed by atoms with Crippen molar-refractivity contribution >= 4 is 5.91 Å². The largest absolute Gasteiger partial charge is 0.373 e. The monoisotopic (exact) mass is 435 g/mol. The molecule has 0 bridgehead atoms. The predicted octanol–water partition coefficient (Wildman–Crippen LogP) is 2.99. The van der Waals surface area contributed by atoms with Crippen LogP contribution in [0.15, 0.2) is 53.3 Å². The fourth-order valence-corrected chi connectivity index (χ4v) is 4.01. The zero-order valence-corrected chi connectivity index (χ0v) is 18.5. The van der Waals surface area contributed by atoms with Gasteiger partial charge in [-0.3, -0.25) is 14.7 Å². The number of nitrogens with zero attached hydrogens (tertiary/aromatic N) is 4. The van der Waals surface area contributed by atoms with Crippen molar-refractivity contribution in [3.05, 3.63) is 65.8 Å². The van der Waals surface area contributed by atoms with Gasteiger partial charge in [0.1, 0.15) is 0 Å². The van der Waals surface area contributed by atoms with Gasteiger partial charge in [0, 0.05) is 57.0 Å². The zero-order valence-electron chi connectivity index (χ0n) is 18.5. The van der Waals surface area contributed by atoms with E-state index in [4.69, 9.17) is 9.26 Å². The number of hydrogen-bond donors (Lipinski definition) is 1. The Morgan fingerprint density at radius 2 is 1.91 bits per heavy atom. The number of carbonyl (C=O) groups is 1. The second-order valence-corrected chi connectivity index (χ2v) is 8.25. The molecule has 8 nitrogen and oxygen atoms in total. The summed E-state index contributed by atoms with van der Waals surface area (Å²) in [5.74, 6) is 0.874. The molecule has 168 valence electrons. The first kappa shape index (κ1) is 22.1. The van der Waals surface area contributed by atoms with Crippen LogP contribution in [0.3, 0.4) is 0 Å². The van der Waals surface area contributed by atoms with Gasteiger partial charge in [0.05, 0.1) is 12.2 Å². The first-order valence-corrected chi connectivity index (χ1v) is 11.0. The highest BCUT2D eigenvalue weighted by Gasteiger charge is 2.22. The minimum atomic E-state index is -0.0467. The quantitative estimate of drug-likeness (QED) is 0.581. The molecule has 0 saturated carbocycles. The lowest BCUT2D eigenvalue weighted by molar-refractivity contribution is -0.121. The molecule has 0 radical (unpaired) electrons. The van der Waals surface area contributed by atoms with Crippen LogP contribution >= 0.6 is 0 Å². The van der Waals surface area contributed by atoms with Crippen molar-refractivity contribution in [2.75, 3.05) is 13.1 Å². The van der Waals surface area contributed by atoms with Gasteiger partial charge in [-0.2, -0.15) is 4.98 Å². The van der Waals surface area contributed by atoms with E-state index in [2.05, 4.69) is 51.3 Å². The molecule has 3 heterocycles. The van der Waals surface area contributed by atoms with Crippen LogP contribution in [0, 0.1) is 0 Å². The smallest absolute Gasteiger partial charge is 0.227 e. The van der Waals surface area contributed by atoms with Crippen LogP contribution in [0.4, 0.5) is 0 Å². The van der Waals surface area contributed by atoms with Crippen molar-refractivity contribution in [2.45, 2.75) is 52.0 Å². The van der Waals surface area contributed by atoms with Gasteiger partial charge in [-0.25, -0.2) is 0 Å². The number of rotatable bonds is 8. The van der Waals surface area contributed by atoms with Gasteiger partial charge in [0.15, 0.2) is 0 Å². The minimum absolute atomic E-state index is 0.0467. The van der Waals surface area contributed by atoms with E-state index in [9.17, 15) is 4.79 Å². The molecule has 1 saturated heterocycles. The molecule has 0 aliphatic carbocycles. The minimum Gasteiger partial charge on any atom is -0.373 e. The summed E-state index contributed by atoms with van der Waals surface area (Å²) in [6.07, 6.45) is 4.51. The predicted molar refractivity (Wildman–Crippen MR) is 119 cm³/mol. The summed E-state index contributed by atoms with van der Waals surface area (Å²) in [5, 5.41) is 6.99. The molecule has 1 fully saturated rings. The first-order valence-electron chi connectivity index (χ1n) is 11.0. The van der Waals surface area contributed by atoms with Crippen LogP contribution in [0.1, 0.15) is 37.3 Å². The Balaban J connectivity index is 1.28. The molecule has 1 aliphatic heterocycles. The Bertz CT molecular complexity index is 1010. The molecule has 2 unspecified atom stereocenters. The number of amides is 1. The molecule has 32 heavy (non-hydrogen) atoms. The highest BCUT2D eigenvalue weighted by molar-refractivity contribution is 5.76. The number of aryl methyl sites for hydroxylation is 1. The van der Waals surface area contributed by atoms with Crippen molar-refractivity contribution in [1.82, 2.24) is 25.3 Å². The lowest BCUT2D eigenvalue weighted by Crippen LogP contribution is -2.45. The third-order valence-electron chi connectivity index (χ3n) is 5.44. The van der Waals surface area contributed by atoms with Crippen molar-refractivity contribution in [3.8, 4) is 11.4 Å². The summed E-state index contributed by atoms with van der Waals surface area (Å²) >= 11 is 0. The van der Waals surface area contributed by atoms with E-state index in [1.807, 2.05) is 24.3 Å². The summed E-state index contributed by atoms with van der Waals surface area (Å²) in [5.41, 5.74) is 3.14. The van der Waals surface area contributed by atoms with E-state index >= 15 is 0 Å². The zero-order chi connectivity index (χ0) is 22.3. The van der Waals surface area contributed by atoms with Gasteiger partial charge >= 0.3 is 0 Å². The van der Waals surface area contributed by atoms with Gasteiger partial charge in [-0.05, 0) is 37.1 Å². The molecular weight excluding hydrogens is 406 g/mol. The summed E-state index contributed by atoms with van der Waals surface area (Å²) in [7, 11) is 0. The number of carbonyl (C=O) groups excluding carboxylic acids is 1. The van der Waals surface area contributed by atoms with E-state index in [-0.39, 0.29) is 24.5 Å². The van der Waals surface area contributed by atoms with Crippen LogP contribution in [0.25, 0.3) is 11.4 Å². The van der Waals surface area contributed by atoms with Crippen LogP contribution in [0.2, 0.25) is 0 Å². The Labute approximate surface area is 188 Å². The van der Waals surface area contributed by atoms with Gasteiger partial charge in [-0.15, -0.1) is 0 Å². The first-order chi connectivity index (χ1) is 15.6. The van der Waals surface area contributed by atoms with Crippen molar-refractivity contribution < 1.29 is 14.1 Å². The molecular formula is C24H29N5O3. The van der Waals surface area contributed by atoms with E-state index < -0.39 is 0 Å². The number of pyridine rings is 1. The molecule has 1 aliphatic rings. The van der Waals surface area contributed by atoms with E-state index in [0.29, 0.717) is 24.7 Å². The van der Waals surface area contributed by atoms with Crippen molar-refractivity contribution in [3.63, 3.8) is 0 Å². The standard InChI is InChI=1S/C24H29N5O3/c1-17-14-29(15-18(2)31-17)16-21-7-4-3-6-19(21)13-26-22(30)9-10-23-27-24(28-32-23)20-8-5-11-25-12-20/h3-8,11-12,17-18H,9-10,13-16H2,1-2H3,(H,26,30). The summed E-state index contributed by atoms with van der Waals surface area (Å²) in [4.78, 5) is 23.2. The summed E-state index contributed by atoms with van der Waals surface area (Å²) in [6, 6.07) is 11.9. The Morgan fingerprint density at radius 1 is 1.12 bits per heavy atom. The third-order valence-corrected chi connectivity index (χ3v) is 5.44. The molecule has 1 amide bonds. The maximum atomic E-state index is 12.4.